The first-order chi connectivity index (χ1) is 8.63. The topological polar surface area (TPSA) is 53.6 Å². The van der Waals surface area contributed by atoms with E-state index in [0.29, 0.717) is 16.3 Å². The Hall–Kier alpha value is -1.37. The number of aromatic amines is 2. The highest BCUT2D eigenvalue weighted by Crippen LogP contribution is 2.20. The second kappa shape index (κ2) is 4.38. The largest absolute Gasteiger partial charge is 0.331 e. The average molecular weight is 298 g/mol. The van der Waals surface area contributed by atoms with E-state index in [1.54, 1.807) is 5.38 Å². The molecule has 0 unspecified atom stereocenters. The van der Waals surface area contributed by atoms with Crippen molar-refractivity contribution in [1.29, 1.82) is 0 Å². The second-order valence-corrected chi connectivity index (χ2v) is 5.52. The molecule has 0 aliphatic heterocycles. The van der Waals surface area contributed by atoms with Crippen LogP contribution in [0.2, 0.25) is 5.02 Å². The van der Waals surface area contributed by atoms with Gasteiger partial charge in [0.05, 0.1) is 17.6 Å². The van der Waals surface area contributed by atoms with Crippen LogP contribution >= 0.6 is 35.2 Å². The summed E-state index contributed by atoms with van der Waals surface area (Å²) in [4.78, 5) is 16.9. The summed E-state index contributed by atoms with van der Waals surface area (Å²) in [5.74, 6) is 0. The number of imidazole rings is 1. The minimum Gasteiger partial charge on any atom is -0.331 e. The lowest BCUT2D eigenvalue weighted by atomic mass is 10.3. The van der Waals surface area contributed by atoms with Crippen LogP contribution in [-0.2, 0) is 6.54 Å². The molecule has 4 nitrogen and oxygen atoms in total. The van der Waals surface area contributed by atoms with Crippen LogP contribution in [0.15, 0.2) is 28.4 Å². The Morgan fingerprint density at radius 1 is 1.39 bits per heavy atom. The molecule has 0 aliphatic rings. The fourth-order valence-electron chi connectivity index (χ4n) is 1.84. The van der Waals surface area contributed by atoms with E-state index in [-0.39, 0.29) is 4.87 Å². The number of halogens is 1. The normalized spacial score (nSPS) is 11.2. The quantitative estimate of drug-likeness (QED) is 0.714. The van der Waals surface area contributed by atoms with E-state index in [1.807, 2.05) is 22.8 Å². The number of rotatable bonds is 2. The summed E-state index contributed by atoms with van der Waals surface area (Å²) in [7, 11) is 0. The number of hydrogen-bond acceptors (Lipinski definition) is 3. The van der Waals surface area contributed by atoms with Crippen LogP contribution in [0.4, 0.5) is 0 Å². The summed E-state index contributed by atoms with van der Waals surface area (Å²) >= 11 is 12.4. The Balaban J connectivity index is 2.16. The maximum absolute atomic E-state index is 11.1. The molecule has 3 aromatic rings. The van der Waals surface area contributed by atoms with Gasteiger partial charge in [-0.2, -0.15) is 0 Å². The number of nitrogens with one attached hydrogen (secondary N) is 2. The molecule has 2 heterocycles. The standard InChI is InChI=1S/C11H8ClN3OS2/c12-6-1-2-8-9(3-6)15(10(17)14-8)4-7-5-18-11(16)13-7/h1-3,5H,4H2,(H,13,16)(H,14,17). The molecule has 18 heavy (non-hydrogen) atoms. The number of thiazole rings is 1. The molecule has 0 aliphatic carbocycles. The molecule has 0 bridgehead atoms. The summed E-state index contributed by atoms with van der Waals surface area (Å²) in [5, 5.41) is 2.46. The van der Waals surface area contributed by atoms with Gasteiger partial charge in [0.1, 0.15) is 0 Å². The number of aromatic nitrogens is 3. The molecule has 0 fully saturated rings. The van der Waals surface area contributed by atoms with Gasteiger partial charge >= 0.3 is 4.87 Å². The van der Waals surface area contributed by atoms with E-state index in [9.17, 15) is 4.79 Å². The molecule has 1 aromatic carbocycles. The lowest BCUT2D eigenvalue weighted by molar-refractivity contribution is 0.789. The van der Waals surface area contributed by atoms with Gasteiger partial charge in [0.2, 0.25) is 0 Å². The molecule has 7 heteroatoms. The van der Waals surface area contributed by atoms with E-state index in [0.717, 1.165) is 28.1 Å². The molecule has 2 N–H and O–H groups in total. The molecule has 0 saturated carbocycles. The van der Waals surface area contributed by atoms with Crippen molar-refractivity contribution in [2.75, 3.05) is 0 Å². The van der Waals surface area contributed by atoms with Crippen LogP contribution in [-0.4, -0.2) is 14.5 Å². The van der Waals surface area contributed by atoms with Gasteiger partial charge < -0.3 is 14.5 Å². The van der Waals surface area contributed by atoms with E-state index >= 15 is 0 Å². The van der Waals surface area contributed by atoms with Crippen LogP contribution in [0, 0.1) is 4.77 Å². The monoisotopic (exact) mass is 297 g/mol. The van der Waals surface area contributed by atoms with Gasteiger partial charge in [0, 0.05) is 16.1 Å². The number of fused-ring (bicyclic) bond motifs is 1. The minimum absolute atomic E-state index is 0.0607. The molecule has 3 rings (SSSR count). The first kappa shape index (κ1) is 11.7. The van der Waals surface area contributed by atoms with E-state index < -0.39 is 0 Å². The third-order valence-electron chi connectivity index (χ3n) is 2.64. The van der Waals surface area contributed by atoms with Crippen molar-refractivity contribution in [3.8, 4) is 0 Å². The lowest BCUT2D eigenvalue weighted by Gasteiger charge is -2.02. The van der Waals surface area contributed by atoms with Gasteiger partial charge in [-0.15, -0.1) is 0 Å². The molecule has 0 atom stereocenters. The van der Waals surface area contributed by atoms with E-state index in [2.05, 4.69) is 9.97 Å². The highest BCUT2D eigenvalue weighted by atomic mass is 35.5. The minimum atomic E-state index is -0.0607. The third kappa shape index (κ3) is 2.03. The van der Waals surface area contributed by atoms with Crippen molar-refractivity contribution in [2.45, 2.75) is 6.54 Å². The number of hydrogen-bond donors (Lipinski definition) is 2. The van der Waals surface area contributed by atoms with Crippen molar-refractivity contribution in [3.63, 3.8) is 0 Å². The van der Waals surface area contributed by atoms with Gasteiger partial charge in [-0.05, 0) is 30.4 Å². The number of nitrogens with zero attached hydrogens (tertiary/aromatic N) is 1. The molecule has 0 amide bonds. The van der Waals surface area contributed by atoms with Gasteiger partial charge in [-0.25, -0.2) is 0 Å². The summed E-state index contributed by atoms with van der Waals surface area (Å²) in [6.07, 6.45) is 0. The molecular formula is C11H8ClN3OS2. The molecule has 92 valence electrons. The van der Waals surface area contributed by atoms with Crippen molar-refractivity contribution in [2.24, 2.45) is 0 Å². The van der Waals surface area contributed by atoms with Crippen LogP contribution in [0.1, 0.15) is 5.69 Å². The predicted octanol–water partition coefficient (Wildman–Crippen LogP) is 3.15. The van der Waals surface area contributed by atoms with Gasteiger partial charge in [-0.3, -0.25) is 4.79 Å². The fourth-order valence-corrected chi connectivity index (χ4v) is 2.86. The van der Waals surface area contributed by atoms with Crippen molar-refractivity contribution in [3.05, 3.63) is 48.7 Å². The highest BCUT2D eigenvalue weighted by Gasteiger charge is 2.06. The first-order valence-electron chi connectivity index (χ1n) is 5.18. The Morgan fingerprint density at radius 2 is 2.22 bits per heavy atom. The third-order valence-corrected chi connectivity index (χ3v) is 3.91. The molecular weight excluding hydrogens is 290 g/mol. The summed E-state index contributed by atoms with van der Waals surface area (Å²) in [6, 6.07) is 5.56. The summed E-state index contributed by atoms with van der Waals surface area (Å²) < 4.78 is 2.52. The molecule has 0 saturated heterocycles. The molecule has 0 spiro atoms. The van der Waals surface area contributed by atoms with Crippen LogP contribution in [0.25, 0.3) is 11.0 Å². The average Bonchev–Trinajstić information content (AvgIpc) is 2.86. The Morgan fingerprint density at radius 3 is 2.94 bits per heavy atom. The van der Waals surface area contributed by atoms with Crippen LogP contribution < -0.4 is 4.87 Å². The van der Waals surface area contributed by atoms with Gasteiger partial charge in [0.25, 0.3) is 0 Å². The fraction of sp³-hybridized carbons (Fsp3) is 0.0909. The van der Waals surface area contributed by atoms with E-state index in [4.69, 9.17) is 23.8 Å². The highest BCUT2D eigenvalue weighted by molar-refractivity contribution is 7.71. The van der Waals surface area contributed by atoms with Crippen molar-refractivity contribution < 1.29 is 0 Å². The zero-order chi connectivity index (χ0) is 12.7. The zero-order valence-electron chi connectivity index (χ0n) is 9.07. The van der Waals surface area contributed by atoms with Gasteiger partial charge in [0.15, 0.2) is 4.77 Å². The number of benzene rings is 1. The van der Waals surface area contributed by atoms with Crippen LogP contribution in [0.3, 0.4) is 0 Å². The zero-order valence-corrected chi connectivity index (χ0v) is 11.5. The number of H-pyrrole nitrogens is 2. The van der Waals surface area contributed by atoms with Crippen molar-refractivity contribution >= 4 is 46.2 Å². The maximum Gasteiger partial charge on any atom is 0.304 e. The Kier molecular flexibility index (Phi) is 2.85. The summed E-state index contributed by atoms with van der Waals surface area (Å²) in [5.41, 5.74) is 2.70. The van der Waals surface area contributed by atoms with Crippen LogP contribution in [0.5, 0.6) is 0 Å². The Bertz CT molecular complexity index is 827. The SMILES string of the molecule is O=c1[nH]c(Cn2c(=S)[nH]c3ccc(Cl)cc32)cs1. The second-order valence-electron chi connectivity index (χ2n) is 3.85. The lowest BCUT2D eigenvalue weighted by Crippen LogP contribution is -2.02. The molecule has 2 aromatic heterocycles. The Labute approximate surface area is 116 Å². The smallest absolute Gasteiger partial charge is 0.304 e. The van der Waals surface area contributed by atoms with E-state index in [1.165, 1.54) is 0 Å². The maximum atomic E-state index is 11.1. The van der Waals surface area contributed by atoms with Gasteiger partial charge in [-0.1, -0.05) is 22.9 Å². The predicted molar refractivity (Wildman–Crippen MR) is 76.2 cm³/mol. The first-order valence-corrected chi connectivity index (χ1v) is 6.85. The summed E-state index contributed by atoms with van der Waals surface area (Å²) in [6.45, 7) is 0.526. The van der Waals surface area contributed by atoms with Crippen molar-refractivity contribution in [1.82, 2.24) is 14.5 Å². The molecule has 0 radical (unpaired) electrons.